The Morgan fingerprint density at radius 2 is 2.11 bits per heavy atom. The highest BCUT2D eigenvalue weighted by Gasteiger charge is 2.17. The normalized spacial score (nSPS) is 11.3. The van der Waals surface area contributed by atoms with Gasteiger partial charge >= 0.3 is 0 Å². The average Bonchev–Trinajstić information content (AvgIpc) is 2.26. The van der Waals surface area contributed by atoms with Gasteiger partial charge in [-0.15, -0.1) is 0 Å². The van der Waals surface area contributed by atoms with Crippen LogP contribution in [-0.4, -0.2) is 19.0 Å². The number of rotatable bonds is 6. The zero-order valence-corrected chi connectivity index (χ0v) is 11.6. The molecule has 0 aliphatic heterocycles. The minimum atomic E-state index is 0.0665. The van der Waals surface area contributed by atoms with Gasteiger partial charge in [0.1, 0.15) is 0 Å². The molecule has 1 aromatic carbocycles. The SMILES string of the molecule is Cc1cccc(CC(=O)NCC(C)(C)CCN)c1. The van der Waals surface area contributed by atoms with Crippen molar-refractivity contribution in [2.24, 2.45) is 11.1 Å². The van der Waals surface area contributed by atoms with Crippen LogP contribution in [0.1, 0.15) is 31.4 Å². The molecule has 0 spiro atoms. The minimum absolute atomic E-state index is 0.0665. The number of nitrogens with one attached hydrogen (secondary N) is 1. The Morgan fingerprint density at radius 1 is 1.39 bits per heavy atom. The molecule has 1 rings (SSSR count). The van der Waals surface area contributed by atoms with Gasteiger partial charge in [-0.3, -0.25) is 4.79 Å². The zero-order chi connectivity index (χ0) is 13.6. The third-order valence-corrected chi connectivity index (χ3v) is 3.03. The molecule has 0 aliphatic carbocycles. The van der Waals surface area contributed by atoms with Crippen molar-refractivity contribution in [3.8, 4) is 0 Å². The molecule has 0 aromatic heterocycles. The Morgan fingerprint density at radius 3 is 2.72 bits per heavy atom. The van der Waals surface area contributed by atoms with Gasteiger partial charge in [-0.1, -0.05) is 43.7 Å². The van der Waals surface area contributed by atoms with E-state index < -0.39 is 0 Å². The first kappa shape index (κ1) is 14.7. The fraction of sp³-hybridized carbons (Fsp3) is 0.533. The summed E-state index contributed by atoms with van der Waals surface area (Å²) in [7, 11) is 0. The maximum atomic E-state index is 11.8. The molecule has 18 heavy (non-hydrogen) atoms. The van der Waals surface area contributed by atoms with Crippen LogP contribution in [0.3, 0.4) is 0 Å². The third-order valence-electron chi connectivity index (χ3n) is 3.03. The van der Waals surface area contributed by atoms with Crippen LogP contribution in [0.2, 0.25) is 0 Å². The average molecular weight is 248 g/mol. The molecule has 1 aromatic rings. The van der Waals surface area contributed by atoms with E-state index >= 15 is 0 Å². The summed E-state index contributed by atoms with van der Waals surface area (Å²) in [6.45, 7) is 7.60. The van der Waals surface area contributed by atoms with Crippen molar-refractivity contribution < 1.29 is 4.79 Å². The molecule has 0 radical (unpaired) electrons. The Balaban J connectivity index is 2.43. The second-order valence-corrected chi connectivity index (χ2v) is 5.65. The lowest BCUT2D eigenvalue weighted by molar-refractivity contribution is -0.120. The van der Waals surface area contributed by atoms with E-state index in [-0.39, 0.29) is 11.3 Å². The lowest BCUT2D eigenvalue weighted by Crippen LogP contribution is -2.36. The van der Waals surface area contributed by atoms with E-state index in [2.05, 4.69) is 19.2 Å². The lowest BCUT2D eigenvalue weighted by atomic mass is 9.89. The highest BCUT2D eigenvalue weighted by atomic mass is 16.1. The summed E-state index contributed by atoms with van der Waals surface area (Å²) < 4.78 is 0. The van der Waals surface area contributed by atoms with Crippen LogP contribution in [0.4, 0.5) is 0 Å². The van der Waals surface area contributed by atoms with Crippen molar-refractivity contribution in [3.05, 3.63) is 35.4 Å². The molecule has 100 valence electrons. The molecule has 3 heteroatoms. The number of carbonyl (C=O) groups excluding carboxylic acids is 1. The first-order valence-corrected chi connectivity index (χ1v) is 6.45. The van der Waals surface area contributed by atoms with Crippen LogP contribution in [0.5, 0.6) is 0 Å². The summed E-state index contributed by atoms with van der Waals surface area (Å²) >= 11 is 0. The first-order chi connectivity index (χ1) is 8.43. The summed E-state index contributed by atoms with van der Waals surface area (Å²) in [6.07, 6.45) is 1.36. The maximum absolute atomic E-state index is 11.8. The van der Waals surface area contributed by atoms with Crippen molar-refractivity contribution in [2.45, 2.75) is 33.6 Å². The monoisotopic (exact) mass is 248 g/mol. The van der Waals surface area contributed by atoms with E-state index in [9.17, 15) is 4.79 Å². The lowest BCUT2D eigenvalue weighted by Gasteiger charge is -2.24. The van der Waals surface area contributed by atoms with Crippen molar-refractivity contribution in [3.63, 3.8) is 0 Å². The molecular formula is C15H24N2O. The van der Waals surface area contributed by atoms with E-state index in [1.54, 1.807) is 0 Å². The zero-order valence-electron chi connectivity index (χ0n) is 11.6. The highest BCUT2D eigenvalue weighted by molar-refractivity contribution is 5.78. The molecule has 0 bridgehead atoms. The minimum Gasteiger partial charge on any atom is -0.355 e. The molecule has 0 atom stereocenters. The fourth-order valence-corrected chi connectivity index (χ4v) is 1.89. The van der Waals surface area contributed by atoms with Gasteiger partial charge in [0, 0.05) is 6.54 Å². The molecule has 0 saturated carbocycles. The Bertz CT molecular complexity index is 399. The number of hydrogen-bond acceptors (Lipinski definition) is 2. The predicted octanol–water partition coefficient (Wildman–Crippen LogP) is 2.03. The van der Waals surface area contributed by atoms with E-state index in [0.29, 0.717) is 19.5 Å². The second kappa shape index (κ2) is 6.55. The van der Waals surface area contributed by atoms with Crippen LogP contribution in [0, 0.1) is 12.3 Å². The maximum Gasteiger partial charge on any atom is 0.224 e. The van der Waals surface area contributed by atoms with E-state index in [4.69, 9.17) is 5.73 Å². The summed E-state index contributed by atoms with van der Waals surface area (Å²) in [4.78, 5) is 11.8. The summed E-state index contributed by atoms with van der Waals surface area (Å²) in [5.41, 5.74) is 7.86. The van der Waals surface area contributed by atoms with E-state index in [1.165, 1.54) is 5.56 Å². The van der Waals surface area contributed by atoms with Crippen molar-refractivity contribution in [1.82, 2.24) is 5.32 Å². The molecule has 3 nitrogen and oxygen atoms in total. The molecule has 0 fully saturated rings. The highest BCUT2D eigenvalue weighted by Crippen LogP contribution is 2.17. The Hall–Kier alpha value is -1.35. The standard InChI is InChI=1S/C15H24N2O/c1-12-5-4-6-13(9-12)10-14(18)17-11-15(2,3)7-8-16/h4-6,9H,7-8,10-11,16H2,1-3H3,(H,17,18). The van der Waals surface area contributed by atoms with Gasteiger partial charge < -0.3 is 11.1 Å². The number of benzene rings is 1. The van der Waals surface area contributed by atoms with Gasteiger partial charge in [0.25, 0.3) is 0 Å². The van der Waals surface area contributed by atoms with Crippen LogP contribution < -0.4 is 11.1 Å². The van der Waals surface area contributed by atoms with Gasteiger partial charge in [-0.25, -0.2) is 0 Å². The van der Waals surface area contributed by atoms with Crippen LogP contribution in [0.25, 0.3) is 0 Å². The van der Waals surface area contributed by atoms with Gasteiger partial charge in [0.15, 0.2) is 0 Å². The van der Waals surface area contributed by atoms with Crippen molar-refractivity contribution >= 4 is 5.91 Å². The van der Waals surface area contributed by atoms with E-state index in [1.807, 2.05) is 31.2 Å². The number of nitrogens with two attached hydrogens (primary N) is 1. The molecule has 0 heterocycles. The third kappa shape index (κ3) is 5.32. The largest absolute Gasteiger partial charge is 0.355 e. The summed E-state index contributed by atoms with van der Waals surface area (Å²) in [6, 6.07) is 8.05. The molecule has 1 amide bonds. The van der Waals surface area contributed by atoms with E-state index in [0.717, 1.165) is 12.0 Å². The number of carbonyl (C=O) groups is 1. The molecular weight excluding hydrogens is 224 g/mol. The number of amides is 1. The molecule has 0 unspecified atom stereocenters. The van der Waals surface area contributed by atoms with Crippen molar-refractivity contribution in [1.29, 1.82) is 0 Å². The predicted molar refractivity (Wildman–Crippen MR) is 75.3 cm³/mol. The quantitative estimate of drug-likeness (QED) is 0.809. The van der Waals surface area contributed by atoms with Crippen LogP contribution in [-0.2, 0) is 11.2 Å². The van der Waals surface area contributed by atoms with Crippen LogP contribution >= 0.6 is 0 Å². The van der Waals surface area contributed by atoms with Gasteiger partial charge in [0.2, 0.25) is 5.91 Å². The molecule has 3 N–H and O–H groups in total. The Labute approximate surface area is 110 Å². The van der Waals surface area contributed by atoms with Gasteiger partial charge in [-0.2, -0.15) is 0 Å². The topological polar surface area (TPSA) is 55.1 Å². The number of hydrogen-bond donors (Lipinski definition) is 2. The second-order valence-electron chi connectivity index (χ2n) is 5.65. The molecule has 0 aliphatic rings. The van der Waals surface area contributed by atoms with Gasteiger partial charge in [-0.05, 0) is 30.9 Å². The Kier molecular flexibility index (Phi) is 5.35. The smallest absolute Gasteiger partial charge is 0.224 e. The van der Waals surface area contributed by atoms with Crippen molar-refractivity contribution in [2.75, 3.05) is 13.1 Å². The van der Waals surface area contributed by atoms with Crippen LogP contribution in [0.15, 0.2) is 24.3 Å². The molecule has 0 saturated heterocycles. The fourth-order valence-electron chi connectivity index (χ4n) is 1.89. The summed E-state index contributed by atoms with van der Waals surface area (Å²) in [5, 5.41) is 2.98. The first-order valence-electron chi connectivity index (χ1n) is 6.45. The summed E-state index contributed by atoms with van der Waals surface area (Å²) in [5.74, 6) is 0.0747. The number of aryl methyl sites for hydroxylation is 1. The van der Waals surface area contributed by atoms with Gasteiger partial charge in [0.05, 0.1) is 6.42 Å².